The van der Waals surface area contributed by atoms with E-state index in [1.54, 1.807) is 0 Å². The van der Waals surface area contributed by atoms with Crippen molar-refractivity contribution < 1.29 is 2.85 Å². The second-order valence-corrected chi connectivity index (χ2v) is 11.7. The zero-order valence-corrected chi connectivity index (χ0v) is 25.8. The maximum atomic E-state index is 5.56. The number of unbranched alkanes of at least 4 members (excludes halogenated alkanes) is 17. The summed E-state index contributed by atoms with van der Waals surface area (Å²) < 4.78 is 0. The molecule has 0 aliphatic carbocycles. The molecule has 4 N–H and O–H groups in total. The fraction of sp³-hybridized carbons (Fsp3) is 0.667. The van der Waals surface area contributed by atoms with Gasteiger partial charge >= 0.3 is 0 Å². The van der Waals surface area contributed by atoms with Gasteiger partial charge in [0.1, 0.15) is 0 Å². The highest BCUT2D eigenvalue weighted by atomic mass is 15.1. The summed E-state index contributed by atoms with van der Waals surface area (Å²) in [5.41, 5.74) is 13.8. The smallest absolute Gasteiger partial charge is 0.0219 e. The third-order valence-electron chi connectivity index (χ3n) is 7.99. The van der Waals surface area contributed by atoms with E-state index in [2.05, 4.69) is 71.1 Å². The Bertz CT molecular complexity index is 702. The highest BCUT2D eigenvalue weighted by Crippen LogP contribution is 2.16. The second kappa shape index (κ2) is 24.7. The van der Waals surface area contributed by atoms with Crippen LogP contribution in [0.3, 0.4) is 0 Å². The van der Waals surface area contributed by atoms with E-state index in [-0.39, 0.29) is 2.85 Å². The van der Waals surface area contributed by atoms with Gasteiger partial charge in [0.05, 0.1) is 0 Å². The molecule has 0 bridgehead atoms. The molecule has 230 valence electrons. The minimum Gasteiger partial charge on any atom is -0.354 e. The van der Waals surface area contributed by atoms with Crippen molar-refractivity contribution >= 4 is 0 Å². The number of allylic oxidation sites excluding steroid dienone is 8. The molecular formula is C36H66N4. The highest BCUT2D eigenvalue weighted by Gasteiger charge is 2.03. The van der Waals surface area contributed by atoms with Crippen LogP contribution >= 0.6 is 0 Å². The Hall–Kier alpha value is -2.04. The van der Waals surface area contributed by atoms with Gasteiger partial charge in [-0.05, 0) is 99.9 Å². The lowest BCUT2D eigenvalue weighted by molar-refractivity contribution is 0.451. The molecule has 0 saturated heterocycles. The van der Waals surface area contributed by atoms with Gasteiger partial charge in [0, 0.05) is 40.7 Å². The van der Waals surface area contributed by atoms with E-state index >= 15 is 0 Å². The number of nitrogens with zero attached hydrogens (tertiary/aromatic N) is 2. The van der Waals surface area contributed by atoms with Gasteiger partial charge in [0.2, 0.25) is 0 Å². The van der Waals surface area contributed by atoms with Crippen LogP contribution in [-0.4, -0.2) is 36.0 Å². The molecule has 0 aromatic heterocycles. The van der Waals surface area contributed by atoms with Gasteiger partial charge in [-0.3, -0.25) is 0 Å². The van der Waals surface area contributed by atoms with Crippen molar-refractivity contribution in [3.05, 3.63) is 72.4 Å². The van der Waals surface area contributed by atoms with Gasteiger partial charge in [-0.2, -0.15) is 0 Å². The molecule has 4 heteroatoms. The van der Waals surface area contributed by atoms with Gasteiger partial charge in [-0.25, -0.2) is 0 Å². The molecule has 2 heterocycles. The molecule has 0 saturated carbocycles. The largest absolute Gasteiger partial charge is 0.354 e. The minimum absolute atomic E-state index is 0. The van der Waals surface area contributed by atoms with E-state index in [4.69, 9.17) is 11.5 Å². The van der Waals surface area contributed by atoms with Gasteiger partial charge in [-0.1, -0.05) is 89.2 Å². The summed E-state index contributed by atoms with van der Waals surface area (Å²) in [5, 5.41) is 0. The third kappa shape index (κ3) is 18.3. The average Bonchev–Trinajstić information content (AvgIpc) is 2.98. The van der Waals surface area contributed by atoms with E-state index in [1.807, 2.05) is 0 Å². The highest BCUT2D eigenvalue weighted by molar-refractivity contribution is 5.34. The standard InChI is InChI=1S/C36H62N4.2H2/c37-27-17-11-5-3-9-15-21-35-23-31-39(32-24-35)29-19-13-7-1-2-8-14-20-30-40-33-25-36(26-34-40)22-16-10-4-6-12-18-28-38;;/h21-26,31-34H,1-20,27-30,37-38H2;2*1H. The lowest BCUT2D eigenvalue weighted by Crippen LogP contribution is -2.13. The Morgan fingerprint density at radius 2 is 0.725 bits per heavy atom. The predicted octanol–water partition coefficient (Wildman–Crippen LogP) is 9.74. The zero-order chi connectivity index (χ0) is 28.4. The van der Waals surface area contributed by atoms with Crippen LogP contribution in [0.5, 0.6) is 0 Å². The van der Waals surface area contributed by atoms with Crippen molar-refractivity contribution in [2.24, 2.45) is 11.5 Å². The lowest BCUT2D eigenvalue weighted by atomic mass is 10.1. The maximum Gasteiger partial charge on any atom is 0.0219 e. The van der Waals surface area contributed by atoms with E-state index in [0.29, 0.717) is 0 Å². The quantitative estimate of drug-likeness (QED) is 0.110. The van der Waals surface area contributed by atoms with Gasteiger partial charge < -0.3 is 21.3 Å². The Balaban J connectivity index is 0.00000840. The van der Waals surface area contributed by atoms with Crippen LogP contribution in [0.2, 0.25) is 0 Å². The molecule has 0 radical (unpaired) electrons. The molecule has 0 unspecified atom stereocenters. The number of nitrogens with two attached hydrogens (primary N) is 2. The Labute approximate surface area is 251 Å². The SMILES string of the molecule is NCCCCCCCC=C1C=CN(CCCCCCCCCCN2C=CC(=CCCCCCCCN)C=C2)C=C1.[HH].[HH]. The fourth-order valence-corrected chi connectivity index (χ4v) is 5.33. The van der Waals surface area contributed by atoms with Crippen LogP contribution in [0, 0.1) is 0 Å². The van der Waals surface area contributed by atoms with Crippen LogP contribution in [0.15, 0.2) is 72.4 Å². The molecule has 2 rings (SSSR count). The number of rotatable bonds is 25. The van der Waals surface area contributed by atoms with Crippen molar-refractivity contribution in [1.82, 2.24) is 9.80 Å². The van der Waals surface area contributed by atoms with Gasteiger partial charge in [0.25, 0.3) is 0 Å². The molecule has 0 fully saturated rings. The summed E-state index contributed by atoms with van der Waals surface area (Å²) in [5.74, 6) is 0. The first-order chi connectivity index (χ1) is 19.8. The molecule has 0 amide bonds. The Morgan fingerprint density at radius 1 is 0.425 bits per heavy atom. The number of hydrogen-bond donors (Lipinski definition) is 2. The maximum absolute atomic E-state index is 5.56. The topological polar surface area (TPSA) is 58.5 Å². The second-order valence-electron chi connectivity index (χ2n) is 11.7. The van der Waals surface area contributed by atoms with Crippen molar-refractivity contribution in [1.29, 1.82) is 0 Å². The molecule has 40 heavy (non-hydrogen) atoms. The Kier molecular flexibility index (Phi) is 21.1. The predicted molar refractivity (Wildman–Crippen MR) is 181 cm³/mol. The van der Waals surface area contributed by atoms with Crippen LogP contribution in [0.1, 0.15) is 131 Å². The van der Waals surface area contributed by atoms with E-state index in [9.17, 15) is 0 Å². The third-order valence-corrected chi connectivity index (χ3v) is 7.99. The molecule has 0 aromatic carbocycles. The van der Waals surface area contributed by atoms with Crippen LogP contribution < -0.4 is 11.5 Å². The van der Waals surface area contributed by atoms with E-state index in [1.165, 1.54) is 140 Å². The van der Waals surface area contributed by atoms with Crippen LogP contribution in [0.4, 0.5) is 0 Å². The normalized spacial score (nSPS) is 14.6. The first-order valence-corrected chi connectivity index (χ1v) is 16.9. The van der Waals surface area contributed by atoms with Crippen LogP contribution in [0.25, 0.3) is 0 Å². The van der Waals surface area contributed by atoms with Crippen molar-refractivity contribution in [2.75, 3.05) is 26.2 Å². The van der Waals surface area contributed by atoms with Gasteiger partial charge in [-0.15, -0.1) is 0 Å². The summed E-state index contributed by atoms with van der Waals surface area (Å²) >= 11 is 0. The average molecular weight is 555 g/mol. The minimum atomic E-state index is 0. The summed E-state index contributed by atoms with van der Waals surface area (Å²) in [6, 6.07) is 0. The monoisotopic (exact) mass is 555 g/mol. The zero-order valence-electron chi connectivity index (χ0n) is 25.8. The molecule has 0 spiro atoms. The molecule has 2 aliphatic rings. The Morgan fingerprint density at radius 3 is 1.07 bits per heavy atom. The van der Waals surface area contributed by atoms with Crippen molar-refractivity contribution in [3.63, 3.8) is 0 Å². The molecule has 0 aromatic rings. The van der Waals surface area contributed by atoms with Crippen molar-refractivity contribution in [2.45, 2.75) is 128 Å². The number of hydrogen-bond acceptors (Lipinski definition) is 4. The van der Waals surface area contributed by atoms with Crippen molar-refractivity contribution in [3.8, 4) is 0 Å². The molecular weight excluding hydrogens is 488 g/mol. The lowest BCUT2D eigenvalue weighted by Gasteiger charge is -2.19. The first kappa shape index (κ1) is 34.2. The molecule has 2 aliphatic heterocycles. The summed E-state index contributed by atoms with van der Waals surface area (Å²) in [4.78, 5) is 4.69. The summed E-state index contributed by atoms with van der Waals surface area (Å²) in [6.07, 6.45) is 48.8. The molecule has 0 atom stereocenters. The molecule has 4 nitrogen and oxygen atoms in total. The summed E-state index contributed by atoms with van der Waals surface area (Å²) in [7, 11) is 0. The summed E-state index contributed by atoms with van der Waals surface area (Å²) in [6.45, 7) is 3.96. The fourth-order valence-electron chi connectivity index (χ4n) is 5.33. The van der Waals surface area contributed by atoms with E-state index in [0.717, 1.165) is 26.2 Å². The van der Waals surface area contributed by atoms with Crippen LogP contribution in [-0.2, 0) is 0 Å². The van der Waals surface area contributed by atoms with Gasteiger partial charge in [0.15, 0.2) is 0 Å². The first-order valence-electron chi connectivity index (χ1n) is 16.9. The van der Waals surface area contributed by atoms with E-state index < -0.39 is 0 Å².